The fraction of sp³-hybridized carbons (Fsp3) is 0.200. The van der Waals surface area contributed by atoms with Gasteiger partial charge in [0.25, 0.3) is 5.97 Å². The number of phosphoric acid groups is 1. The number of ether oxygens (including phenoxy) is 1. The number of benzene rings is 1. The molecule has 1 rings (SSSR count). The van der Waals surface area contributed by atoms with Crippen molar-refractivity contribution in [2.75, 3.05) is 0 Å². The minimum atomic E-state index is -4.64. The molecule has 0 amide bonds. The number of carboxylic acids is 1. The SMILES string of the molecule is CC(=O)O.CC(=O)Oc1ccccc1O.O=P(O)(O)O. The molecule has 0 saturated heterocycles. The molecule has 9 nitrogen and oxygen atoms in total. The summed E-state index contributed by atoms with van der Waals surface area (Å²) < 4.78 is 13.5. The predicted molar refractivity (Wildman–Crippen MR) is 67.0 cm³/mol. The van der Waals surface area contributed by atoms with Gasteiger partial charge in [-0.25, -0.2) is 4.57 Å². The fourth-order valence-electron chi connectivity index (χ4n) is 0.698. The summed E-state index contributed by atoms with van der Waals surface area (Å²) in [5, 5.41) is 16.5. The summed E-state index contributed by atoms with van der Waals surface area (Å²) in [5.74, 6) is -1.10. The summed E-state index contributed by atoms with van der Waals surface area (Å²) >= 11 is 0. The van der Waals surface area contributed by atoms with Crippen LogP contribution in [0.15, 0.2) is 24.3 Å². The topological polar surface area (TPSA) is 162 Å². The summed E-state index contributed by atoms with van der Waals surface area (Å²) in [7, 11) is -4.64. The van der Waals surface area contributed by atoms with Gasteiger partial charge in [-0.15, -0.1) is 0 Å². The van der Waals surface area contributed by atoms with Crippen LogP contribution in [0.2, 0.25) is 0 Å². The van der Waals surface area contributed by atoms with Crippen LogP contribution in [0.5, 0.6) is 11.5 Å². The van der Waals surface area contributed by atoms with Crippen molar-refractivity contribution >= 4 is 19.8 Å². The molecule has 5 N–H and O–H groups in total. The standard InChI is InChI=1S/C8H8O3.C2H4O2.H3O4P/c1-6(9)11-8-5-3-2-4-7(8)10;1-2(3)4;1-5(2,3)4/h2-5,10H,1H3;1H3,(H,3,4);(H3,1,2,3,4). The van der Waals surface area contributed by atoms with Gasteiger partial charge in [0.1, 0.15) is 0 Å². The second-order valence-electron chi connectivity index (χ2n) is 3.09. The van der Waals surface area contributed by atoms with Crippen molar-refractivity contribution < 1.29 is 43.8 Å². The van der Waals surface area contributed by atoms with Gasteiger partial charge in [0.15, 0.2) is 11.5 Å². The van der Waals surface area contributed by atoms with E-state index in [1.165, 1.54) is 19.1 Å². The molecular formula is C10H15O9P. The van der Waals surface area contributed by atoms with Crippen LogP contribution in [0.25, 0.3) is 0 Å². The lowest BCUT2D eigenvalue weighted by Crippen LogP contribution is -2.00. The Labute approximate surface area is 114 Å². The number of aliphatic carboxylic acids is 1. The molecule has 1 aromatic carbocycles. The normalized spacial score (nSPS) is 9.25. The van der Waals surface area contributed by atoms with Gasteiger partial charge in [-0.1, -0.05) is 12.1 Å². The van der Waals surface area contributed by atoms with Crippen LogP contribution in [0, 0.1) is 0 Å². The maximum Gasteiger partial charge on any atom is 0.466 e. The highest BCUT2D eigenvalue weighted by Crippen LogP contribution is 2.26. The van der Waals surface area contributed by atoms with Crippen LogP contribution < -0.4 is 4.74 Å². The molecule has 10 heteroatoms. The Morgan fingerprint density at radius 2 is 1.45 bits per heavy atom. The number of aromatic hydroxyl groups is 1. The zero-order chi connectivity index (χ0) is 16.3. The van der Waals surface area contributed by atoms with Gasteiger partial charge >= 0.3 is 13.8 Å². The molecule has 0 atom stereocenters. The molecular weight excluding hydrogens is 295 g/mol. The minimum absolute atomic E-state index is 0.0253. The molecule has 0 aromatic heterocycles. The highest BCUT2D eigenvalue weighted by molar-refractivity contribution is 7.45. The zero-order valence-corrected chi connectivity index (χ0v) is 11.5. The molecule has 0 aliphatic heterocycles. The number of para-hydroxylation sites is 2. The lowest BCUT2D eigenvalue weighted by atomic mass is 10.3. The molecule has 0 aliphatic carbocycles. The first-order chi connectivity index (χ1) is 8.93. The molecule has 114 valence electrons. The molecule has 0 bridgehead atoms. The Hall–Kier alpha value is -1.93. The Bertz CT molecular complexity index is 467. The number of carbonyl (C=O) groups is 2. The molecule has 0 saturated carbocycles. The summed E-state index contributed by atoms with van der Waals surface area (Å²) in [5.41, 5.74) is 0. The third kappa shape index (κ3) is 21.4. The van der Waals surface area contributed by atoms with Crippen LogP contribution >= 0.6 is 7.82 Å². The van der Waals surface area contributed by atoms with E-state index in [0.717, 1.165) is 6.92 Å². The Morgan fingerprint density at radius 1 is 1.10 bits per heavy atom. The molecule has 0 heterocycles. The summed E-state index contributed by atoms with van der Waals surface area (Å²) in [6, 6.07) is 6.31. The zero-order valence-electron chi connectivity index (χ0n) is 10.6. The Balaban J connectivity index is 0. The third-order valence-electron chi connectivity index (χ3n) is 1.12. The van der Waals surface area contributed by atoms with Crippen molar-refractivity contribution in [2.45, 2.75) is 13.8 Å². The van der Waals surface area contributed by atoms with Gasteiger partial charge in [0.05, 0.1) is 0 Å². The number of phenols is 1. The van der Waals surface area contributed by atoms with E-state index in [4.69, 9.17) is 34.3 Å². The highest BCUT2D eigenvalue weighted by atomic mass is 31.2. The van der Waals surface area contributed by atoms with Gasteiger partial charge in [-0.05, 0) is 12.1 Å². The largest absolute Gasteiger partial charge is 0.504 e. The number of phenolic OH excluding ortho intramolecular Hbond substituents is 1. The second-order valence-corrected chi connectivity index (χ2v) is 4.12. The van der Waals surface area contributed by atoms with Crippen molar-refractivity contribution in [2.24, 2.45) is 0 Å². The molecule has 0 spiro atoms. The van der Waals surface area contributed by atoms with Gasteiger partial charge in [0.2, 0.25) is 0 Å². The van der Waals surface area contributed by atoms with E-state index in [0.29, 0.717) is 0 Å². The smallest absolute Gasteiger partial charge is 0.466 e. The molecule has 0 unspecified atom stereocenters. The van der Waals surface area contributed by atoms with Crippen LogP contribution in [0.1, 0.15) is 13.8 Å². The minimum Gasteiger partial charge on any atom is -0.504 e. The van der Waals surface area contributed by atoms with Crippen molar-refractivity contribution in [3.8, 4) is 11.5 Å². The van der Waals surface area contributed by atoms with E-state index in [9.17, 15) is 4.79 Å². The number of rotatable bonds is 1. The summed E-state index contributed by atoms with van der Waals surface area (Å²) in [6.07, 6.45) is 0. The van der Waals surface area contributed by atoms with Gasteiger partial charge in [-0.3, -0.25) is 9.59 Å². The maximum atomic E-state index is 10.4. The van der Waals surface area contributed by atoms with Gasteiger partial charge in [-0.2, -0.15) is 0 Å². The van der Waals surface area contributed by atoms with Crippen molar-refractivity contribution in [1.82, 2.24) is 0 Å². The number of esters is 1. The van der Waals surface area contributed by atoms with Crippen LogP contribution in [-0.4, -0.2) is 36.8 Å². The van der Waals surface area contributed by atoms with E-state index >= 15 is 0 Å². The maximum absolute atomic E-state index is 10.4. The Kier molecular flexibility index (Phi) is 10.1. The van der Waals surface area contributed by atoms with E-state index in [-0.39, 0.29) is 11.5 Å². The second kappa shape index (κ2) is 9.93. The first-order valence-corrected chi connectivity index (χ1v) is 6.44. The molecule has 0 fully saturated rings. The number of hydrogen-bond donors (Lipinski definition) is 5. The monoisotopic (exact) mass is 310 g/mol. The van der Waals surface area contributed by atoms with Crippen LogP contribution in [0.4, 0.5) is 0 Å². The van der Waals surface area contributed by atoms with Crippen molar-refractivity contribution in [3.05, 3.63) is 24.3 Å². The van der Waals surface area contributed by atoms with Crippen LogP contribution in [0.3, 0.4) is 0 Å². The van der Waals surface area contributed by atoms with Crippen LogP contribution in [-0.2, 0) is 14.2 Å². The van der Waals surface area contributed by atoms with Gasteiger partial charge in [0, 0.05) is 13.8 Å². The number of carboxylic acid groups (broad SMARTS) is 1. The van der Waals surface area contributed by atoms with E-state index in [1.54, 1.807) is 12.1 Å². The first kappa shape index (κ1) is 20.4. The lowest BCUT2D eigenvalue weighted by molar-refractivity contribution is -0.134. The van der Waals surface area contributed by atoms with Crippen molar-refractivity contribution in [3.63, 3.8) is 0 Å². The summed E-state index contributed by atoms with van der Waals surface area (Å²) in [6.45, 7) is 2.37. The number of carbonyl (C=O) groups excluding carboxylic acids is 1. The first-order valence-electron chi connectivity index (χ1n) is 4.87. The van der Waals surface area contributed by atoms with Crippen molar-refractivity contribution in [1.29, 1.82) is 0 Å². The number of hydrogen-bond acceptors (Lipinski definition) is 5. The lowest BCUT2D eigenvalue weighted by Gasteiger charge is -2.01. The van der Waals surface area contributed by atoms with E-state index < -0.39 is 19.8 Å². The predicted octanol–water partition coefficient (Wildman–Crippen LogP) is 0.480. The average Bonchev–Trinajstić information content (AvgIpc) is 2.17. The van der Waals surface area contributed by atoms with E-state index in [2.05, 4.69) is 4.74 Å². The fourth-order valence-corrected chi connectivity index (χ4v) is 0.698. The average molecular weight is 310 g/mol. The molecule has 1 aromatic rings. The highest BCUT2D eigenvalue weighted by Gasteiger charge is 2.01. The quantitative estimate of drug-likeness (QED) is 0.282. The Morgan fingerprint density at radius 3 is 1.75 bits per heavy atom. The van der Waals surface area contributed by atoms with E-state index in [1.807, 2.05) is 0 Å². The summed E-state index contributed by atoms with van der Waals surface area (Å²) in [4.78, 5) is 41.0. The molecule has 0 aliphatic rings. The molecule has 0 radical (unpaired) electrons. The van der Waals surface area contributed by atoms with Gasteiger partial charge < -0.3 is 29.6 Å². The molecule has 20 heavy (non-hydrogen) atoms. The third-order valence-corrected chi connectivity index (χ3v) is 1.12.